The molecule has 6 heteroatoms. The highest BCUT2D eigenvalue weighted by atomic mass is 16.5. The third-order valence-corrected chi connectivity index (χ3v) is 3.76. The number of methoxy groups -OCH3 is 1. The molecule has 0 atom stereocenters. The first kappa shape index (κ1) is 16.4. The minimum atomic E-state index is -0.314. The number of benzene rings is 2. The molecule has 0 aliphatic rings. The van der Waals surface area contributed by atoms with E-state index in [0.29, 0.717) is 22.5 Å². The van der Waals surface area contributed by atoms with Gasteiger partial charge in [0, 0.05) is 23.7 Å². The number of pyridine rings is 1. The van der Waals surface area contributed by atoms with Gasteiger partial charge in [0.25, 0.3) is 11.8 Å². The van der Waals surface area contributed by atoms with Crippen molar-refractivity contribution in [3.8, 4) is 5.75 Å². The molecule has 1 heterocycles. The summed E-state index contributed by atoms with van der Waals surface area (Å²) in [6, 6.07) is 15.6. The second-order valence-corrected chi connectivity index (χ2v) is 5.37. The lowest BCUT2D eigenvalue weighted by Crippen LogP contribution is -2.18. The topological polar surface area (TPSA) is 80.3 Å². The Bertz CT molecular complexity index is 936. The van der Waals surface area contributed by atoms with Crippen LogP contribution in [-0.4, -0.2) is 31.0 Å². The van der Waals surface area contributed by atoms with Crippen molar-refractivity contribution >= 4 is 28.4 Å². The molecule has 0 aliphatic carbocycles. The third-order valence-electron chi connectivity index (χ3n) is 3.76. The van der Waals surface area contributed by atoms with Crippen LogP contribution in [0.5, 0.6) is 5.75 Å². The van der Waals surface area contributed by atoms with Crippen LogP contribution in [0.25, 0.3) is 10.9 Å². The lowest BCUT2D eigenvalue weighted by atomic mass is 10.1. The smallest absolute Gasteiger partial charge is 0.274 e. The molecule has 0 fully saturated rings. The number of amides is 2. The third kappa shape index (κ3) is 3.58. The number of fused-ring (bicyclic) bond motifs is 1. The number of anilines is 1. The van der Waals surface area contributed by atoms with Gasteiger partial charge < -0.3 is 15.4 Å². The molecule has 0 bridgehead atoms. The van der Waals surface area contributed by atoms with Crippen LogP contribution in [0, 0.1) is 0 Å². The zero-order chi connectivity index (χ0) is 17.8. The van der Waals surface area contributed by atoms with Gasteiger partial charge in [-0.15, -0.1) is 0 Å². The van der Waals surface area contributed by atoms with E-state index < -0.39 is 0 Å². The number of carbonyl (C=O) groups is 2. The minimum Gasteiger partial charge on any atom is -0.497 e. The van der Waals surface area contributed by atoms with Gasteiger partial charge in [0.1, 0.15) is 11.4 Å². The largest absolute Gasteiger partial charge is 0.497 e. The zero-order valence-corrected chi connectivity index (χ0v) is 13.9. The quantitative estimate of drug-likeness (QED) is 0.768. The molecule has 0 unspecified atom stereocenters. The molecule has 1 aromatic heterocycles. The molecule has 0 saturated heterocycles. The Morgan fingerprint density at radius 2 is 1.72 bits per heavy atom. The van der Waals surface area contributed by atoms with E-state index in [1.807, 2.05) is 18.2 Å². The van der Waals surface area contributed by atoms with Gasteiger partial charge in [0.2, 0.25) is 0 Å². The highest BCUT2D eigenvalue weighted by Crippen LogP contribution is 2.20. The molecular weight excluding hydrogens is 318 g/mol. The average Bonchev–Trinajstić information content (AvgIpc) is 2.67. The lowest BCUT2D eigenvalue weighted by molar-refractivity contribution is 0.0962. The fourth-order valence-electron chi connectivity index (χ4n) is 2.40. The highest BCUT2D eigenvalue weighted by molar-refractivity contribution is 6.04. The van der Waals surface area contributed by atoms with E-state index in [2.05, 4.69) is 15.6 Å². The van der Waals surface area contributed by atoms with Crippen molar-refractivity contribution in [3.05, 3.63) is 65.9 Å². The molecule has 6 nitrogen and oxygen atoms in total. The van der Waals surface area contributed by atoms with Crippen LogP contribution in [0.2, 0.25) is 0 Å². The molecule has 3 rings (SSSR count). The maximum absolute atomic E-state index is 12.4. The van der Waals surface area contributed by atoms with Crippen LogP contribution in [0.4, 0.5) is 5.69 Å². The normalized spacial score (nSPS) is 10.3. The van der Waals surface area contributed by atoms with Gasteiger partial charge in [-0.05, 0) is 48.5 Å². The Hall–Kier alpha value is -3.41. The Kier molecular flexibility index (Phi) is 4.61. The predicted octanol–water partition coefficient (Wildman–Crippen LogP) is 2.86. The maximum Gasteiger partial charge on any atom is 0.274 e. The van der Waals surface area contributed by atoms with Gasteiger partial charge in [-0.3, -0.25) is 9.59 Å². The van der Waals surface area contributed by atoms with Crippen LogP contribution < -0.4 is 15.4 Å². The van der Waals surface area contributed by atoms with Crippen molar-refractivity contribution < 1.29 is 14.3 Å². The van der Waals surface area contributed by atoms with Crippen molar-refractivity contribution in [1.82, 2.24) is 10.3 Å². The summed E-state index contributed by atoms with van der Waals surface area (Å²) >= 11 is 0. The van der Waals surface area contributed by atoms with Crippen molar-refractivity contribution in [2.75, 3.05) is 19.5 Å². The second kappa shape index (κ2) is 7.00. The van der Waals surface area contributed by atoms with E-state index >= 15 is 0 Å². The van der Waals surface area contributed by atoms with Gasteiger partial charge in [-0.1, -0.05) is 6.07 Å². The summed E-state index contributed by atoms with van der Waals surface area (Å²) < 4.78 is 5.18. The van der Waals surface area contributed by atoms with Gasteiger partial charge >= 0.3 is 0 Å². The first-order valence-corrected chi connectivity index (χ1v) is 7.69. The fraction of sp³-hybridized carbons (Fsp3) is 0.105. The maximum atomic E-state index is 12.4. The molecule has 25 heavy (non-hydrogen) atoms. The number of aromatic nitrogens is 1. The monoisotopic (exact) mass is 335 g/mol. The van der Waals surface area contributed by atoms with E-state index in [1.54, 1.807) is 50.6 Å². The molecule has 126 valence electrons. The Balaban J connectivity index is 1.78. The van der Waals surface area contributed by atoms with Crippen LogP contribution in [0.1, 0.15) is 20.8 Å². The van der Waals surface area contributed by atoms with E-state index in [4.69, 9.17) is 4.74 Å². The number of nitrogens with one attached hydrogen (secondary N) is 2. The fourth-order valence-corrected chi connectivity index (χ4v) is 2.40. The summed E-state index contributed by atoms with van der Waals surface area (Å²) in [5.41, 5.74) is 2.14. The summed E-state index contributed by atoms with van der Waals surface area (Å²) in [7, 11) is 3.17. The average molecular weight is 335 g/mol. The minimum absolute atomic E-state index is 0.176. The van der Waals surface area contributed by atoms with Gasteiger partial charge in [0.05, 0.1) is 12.6 Å². The highest BCUT2D eigenvalue weighted by Gasteiger charge is 2.10. The molecule has 2 aromatic carbocycles. The second-order valence-electron chi connectivity index (χ2n) is 5.37. The summed E-state index contributed by atoms with van der Waals surface area (Å²) in [6.45, 7) is 0. The molecule has 2 N–H and O–H groups in total. The molecule has 3 aromatic rings. The molecular formula is C19H17N3O3. The Morgan fingerprint density at radius 1 is 0.960 bits per heavy atom. The first-order valence-electron chi connectivity index (χ1n) is 7.69. The summed E-state index contributed by atoms with van der Waals surface area (Å²) in [4.78, 5) is 28.3. The van der Waals surface area contributed by atoms with Crippen LogP contribution >= 0.6 is 0 Å². The number of hydrogen-bond donors (Lipinski definition) is 2. The summed E-state index contributed by atoms with van der Waals surface area (Å²) in [6.07, 6.45) is 0. The molecule has 0 aliphatic heterocycles. The summed E-state index contributed by atoms with van der Waals surface area (Å²) in [5.74, 6) is 0.248. The van der Waals surface area contributed by atoms with Crippen LogP contribution in [0.15, 0.2) is 54.6 Å². The van der Waals surface area contributed by atoms with Gasteiger partial charge in [0.15, 0.2) is 0 Å². The molecule has 2 amide bonds. The Morgan fingerprint density at radius 3 is 2.40 bits per heavy atom. The summed E-state index contributed by atoms with van der Waals surface area (Å²) in [5, 5.41) is 6.21. The number of carbonyl (C=O) groups excluding carboxylic acids is 2. The van der Waals surface area contributed by atoms with Crippen molar-refractivity contribution in [2.24, 2.45) is 0 Å². The molecule has 0 radical (unpaired) electrons. The number of hydrogen-bond acceptors (Lipinski definition) is 4. The predicted molar refractivity (Wildman–Crippen MR) is 96.1 cm³/mol. The first-order chi connectivity index (χ1) is 12.1. The number of rotatable bonds is 4. The van der Waals surface area contributed by atoms with Gasteiger partial charge in [-0.2, -0.15) is 0 Å². The number of nitrogens with zero attached hydrogens (tertiary/aromatic N) is 1. The van der Waals surface area contributed by atoms with Crippen molar-refractivity contribution in [2.45, 2.75) is 0 Å². The molecule has 0 saturated carbocycles. The lowest BCUT2D eigenvalue weighted by Gasteiger charge is -2.07. The number of ether oxygens (including phenoxy) is 1. The van der Waals surface area contributed by atoms with Crippen LogP contribution in [0.3, 0.4) is 0 Å². The van der Waals surface area contributed by atoms with E-state index in [9.17, 15) is 9.59 Å². The SMILES string of the molecule is CNC(=O)c1ccc(NC(=O)c2ccc3cc(OC)ccc3n2)cc1. The van der Waals surface area contributed by atoms with Gasteiger partial charge in [-0.25, -0.2) is 4.98 Å². The van der Waals surface area contributed by atoms with E-state index in [-0.39, 0.29) is 11.8 Å². The van der Waals surface area contributed by atoms with Crippen molar-refractivity contribution in [3.63, 3.8) is 0 Å². The molecule has 0 spiro atoms. The zero-order valence-electron chi connectivity index (χ0n) is 13.9. The Labute approximate surface area is 144 Å². The van der Waals surface area contributed by atoms with Crippen molar-refractivity contribution in [1.29, 1.82) is 0 Å². The van der Waals surface area contributed by atoms with E-state index in [0.717, 1.165) is 11.1 Å². The van der Waals surface area contributed by atoms with Crippen LogP contribution in [-0.2, 0) is 0 Å². The van der Waals surface area contributed by atoms with E-state index in [1.165, 1.54) is 0 Å². The standard InChI is InChI=1S/C19H17N3O3/c1-20-18(23)12-3-6-14(7-4-12)21-19(24)17-9-5-13-11-15(25-2)8-10-16(13)22-17/h3-11H,1-2H3,(H,20,23)(H,21,24).